The first-order chi connectivity index (χ1) is 15.3. The Balaban J connectivity index is 1.48. The number of hydrogen-bond acceptors (Lipinski definition) is 6. The van der Waals surface area contributed by atoms with Crippen LogP contribution < -0.4 is 15.5 Å². The van der Waals surface area contributed by atoms with Crippen molar-refractivity contribution in [2.24, 2.45) is 17.8 Å². The maximum absolute atomic E-state index is 14.5. The van der Waals surface area contributed by atoms with Crippen LogP contribution in [0.5, 0.6) is 0 Å². The molecule has 1 aromatic carbocycles. The van der Waals surface area contributed by atoms with Crippen LogP contribution in [0.25, 0.3) is 0 Å². The molecule has 2 aromatic rings. The largest absolute Gasteiger partial charge is 0.369 e. The Morgan fingerprint density at radius 3 is 2.47 bits per heavy atom. The number of anilines is 4. The third kappa shape index (κ3) is 4.88. The molecule has 2 heterocycles. The number of nitrogens with one attached hydrogen (secondary N) is 2. The van der Waals surface area contributed by atoms with Crippen molar-refractivity contribution < 1.29 is 4.39 Å². The molecule has 1 aliphatic carbocycles. The maximum Gasteiger partial charge on any atom is 0.229 e. The van der Waals surface area contributed by atoms with Crippen LogP contribution in [0.4, 0.5) is 27.5 Å². The van der Waals surface area contributed by atoms with Gasteiger partial charge >= 0.3 is 0 Å². The quantitative estimate of drug-likeness (QED) is 0.661. The van der Waals surface area contributed by atoms with E-state index in [2.05, 4.69) is 89.4 Å². The molecule has 1 aromatic heterocycles. The average molecular weight is 439 g/mol. The zero-order chi connectivity index (χ0) is 22.8. The Hall–Kier alpha value is -2.67. The summed E-state index contributed by atoms with van der Waals surface area (Å²) >= 11 is 0. The predicted octanol–water partition coefficient (Wildman–Crippen LogP) is 4.68. The lowest BCUT2D eigenvalue weighted by Gasteiger charge is -2.35. The van der Waals surface area contributed by atoms with E-state index in [1.807, 2.05) is 6.07 Å². The Labute approximate surface area is 190 Å². The molecule has 172 valence electrons. The summed E-state index contributed by atoms with van der Waals surface area (Å²) in [4.78, 5) is 13.4. The van der Waals surface area contributed by atoms with Gasteiger partial charge in [-0.15, -0.1) is 0 Å². The minimum Gasteiger partial charge on any atom is -0.369 e. The fraction of sp³-hybridized carbons (Fsp3) is 0.520. The third-order valence-electron chi connectivity index (χ3n) is 7.02. The second-order valence-electron chi connectivity index (χ2n) is 9.44. The molecule has 4 atom stereocenters. The molecular weight excluding hydrogens is 403 g/mol. The summed E-state index contributed by atoms with van der Waals surface area (Å²) < 4.78 is 14.5. The van der Waals surface area contributed by atoms with E-state index in [9.17, 15) is 4.39 Å². The molecule has 1 saturated heterocycles. The van der Waals surface area contributed by atoms with Gasteiger partial charge in [0.15, 0.2) is 11.6 Å². The number of piperazine rings is 1. The number of hydrogen-bond donors (Lipinski definition) is 2. The lowest BCUT2D eigenvalue weighted by Crippen LogP contribution is -2.44. The van der Waals surface area contributed by atoms with E-state index in [0.29, 0.717) is 23.7 Å². The molecular formula is C25H35FN6. The van der Waals surface area contributed by atoms with E-state index in [1.165, 1.54) is 17.4 Å². The number of aryl methyl sites for hydroxylation is 1. The van der Waals surface area contributed by atoms with E-state index in [1.54, 1.807) is 0 Å². The summed E-state index contributed by atoms with van der Waals surface area (Å²) in [7, 11) is 2.16. The second-order valence-corrected chi connectivity index (χ2v) is 9.44. The fourth-order valence-electron chi connectivity index (χ4n) is 4.67. The minimum absolute atomic E-state index is 0.123. The average Bonchev–Trinajstić information content (AvgIpc) is 2.77. The first-order valence-corrected chi connectivity index (χ1v) is 11.6. The molecule has 2 N–H and O–H groups in total. The zero-order valence-electron chi connectivity index (χ0n) is 19.8. The normalized spacial score (nSPS) is 26.2. The van der Waals surface area contributed by atoms with Crippen LogP contribution in [0.15, 0.2) is 36.5 Å². The van der Waals surface area contributed by atoms with Crippen LogP contribution >= 0.6 is 0 Å². The van der Waals surface area contributed by atoms with Crippen molar-refractivity contribution in [2.45, 2.75) is 33.7 Å². The molecule has 0 saturated carbocycles. The fourth-order valence-corrected chi connectivity index (χ4v) is 4.67. The van der Waals surface area contributed by atoms with E-state index in [0.717, 1.165) is 31.9 Å². The highest BCUT2D eigenvalue weighted by Gasteiger charge is 2.30. The van der Waals surface area contributed by atoms with Crippen LogP contribution in [-0.2, 0) is 0 Å². The number of rotatable bonds is 5. The van der Waals surface area contributed by atoms with E-state index >= 15 is 0 Å². The van der Waals surface area contributed by atoms with Crippen molar-refractivity contribution in [1.82, 2.24) is 14.9 Å². The molecule has 2 aliphatic rings. The van der Waals surface area contributed by atoms with Crippen LogP contribution in [0.1, 0.15) is 26.3 Å². The van der Waals surface area contributed by atoms with E-state index < -0.39 is 5.82 Å². The third-order valence-corrected chi connectivity index (χ3v) is 7.02. The first-order valence-electron chi connectivity index (χ1n) is 11.6. The standard InChI is InChI=1S/C25H35FN6/c1-16-6-7-17(2)23(19(16)4)29-24-21(26)15-27-25(30-24)28-20-8-9-22(18(3)14-20)32-12-10-31(5)11-13-32/h6-9,14-17,19,23H,10-13H2,1-5H3,(H2,27,28,29,30)/t16-,17+,19-,23+/m1/s1. The zero-order valence-corrected chi connectivity index (χ0v) is 19.8. The van der Waals surface area contributed by atoms with Gasteiger partial charge in [-0.2, -0.15) is 4.98 Å². The van der Waals surface area contributed by atoms with Gasteiger partial charge < -0.3 is 20.4 Å². The topological polar surface area (TPSA) is 56.3 Å². The molecule has 1 fully saturated rings. The number of nitrogens with zero attached hydrogens (tertiary/aromatic N) is 4. The molecule has 0 amide bonds. The van der Waals surface area contributed by atoms with Crippen LogP contribution in [0, 0.1) is 30.5 Å². The van der Waals surface area contributed by atoms with Crippen LogP contribution in [-0.4, -0.2) is 54.1 Å². The number of aromatic nitrogens is 2. The number of benzene rings is 1. The number of halogens is 1. The van der Waals surface area contributed by atoms with E-state index in [4.69, 9.17) is 0 Å². The number of likely N-dealkylation sites (N-methyl/N-ethyl adjacent to an activating group) is 1. The minimum atomic E-state index is -0.432. The van der Waals surface area contributed by atoms with Gasteiger partial charge in [0.25, 0.3) is 0 Å². The predicted molar refractivity (Wildman–Crippen MR) is 130 cm³/mol. The maximum atomic E-state index is 14.5. The van der Waals surface area contributed by atoms with Crippen molar-refractivity contribution in [2.75, 3.05) is 48.8 Å². The molecule has 32 heavy (non-hydrogen) atoms. The van der Waals surface area contributed by atoms with E-state index in [-0.39, 0.29) is 11.9 Å². The lowest BCUT2D eigenvalue weighted by molar-refractivity contribution is 0.312. The first kappa shape index (κ1) is 22.5. The van der Waals surface area contributed by atoms with Gasteiger partial charge in [-0.05, 0) is 55.5 Å². The summed E-state index contributed by atoms with van der Waals surface area (Å²) in [6.45, 7) is 12.9. The lowest BCUT2D eigenvalue weighted by atomic mass is 9.77. The smallest absolute Gasteiger partial charge is 0.229 e. The molecule has 6 nitrogen and oxygen atoms in total. The van der Waals surface area contributed by atoms with Crippen molar-refractivity contribution >= 4 is 23.1 Å². The number of allylic oxidation sites excluding steroid dienone is 1. The van der Waals surface area contributed by atoms with Gasteiger partial charge in [0.2, 0.25) is 5.95 Å². The van der Waals surface area contributed by atoms with Gasteiger partial charge in [-0.1, -0.05) is 32.9 Å². The highest BCUT2D eigenvalue weighted by atomic mass is 19.1. The van der Waals surface area contributed by atoms with Crippen molar-refractivity contribution in [1.29, 1.82) is 0 Å². The van der Waals surface area contributed by atoms with Gasteiger partial charge in [0.1, 0.15) is 0 Å². The Morgan fingerprint density at radius 1 is 1.03 bits per heavy atom. The molecule has 0 unspecified atom stereocenters. The van der Waals surface area contributed by atoms with Crippen molar-refractivity contribution in [3.05, 3.63) is 47.9 Å². The van der Waals surface area contributed by atoms with Crippen molar-refractivity contribution in [3.63, 3.8) is 0 Å². The summed E-state index contributed by atoms with van der Waals surface area (Å²) in [6, 6.07) is 6.41. The molecule has 0 spiro atoms. The van der Waals surface area contributed by atoms with Gasteiger partial charge in [0, 0.05) is 43.6 Å². The summed E-state index contributed by atoms with van der Waals surface area (Å²) in [5, 5.41) is 6.59. The monoisotopic (exact) mass is 438 g/mol. The summed E-state index contributed by atoms with van der Waals surface area (Å²) in [5.41, 5.74) is 3.35. The van der Waals surface area contributed by atoms with Crippen molar-refractivity contribution in [3.8, 4) is 0 Å². The van der Waals surface area contributed by atoms with Crippen LogP contribution in [0.2, 0.25) is 0 Å². The Bertz CT molecular complexity index is 969. The molecule has 0 radical (unpaired) electrons. The van der Waals surface area contributed by atoms with Gasteiger partial charge in [-0.3, -0.25) is 0 Å². The van der Waals surface area contributed by atoms with Crippen LogP contribution in [0.3, 0.4) is 0 Å². The highest BCUT2D eigenvalue weighted by molar-refractivity contribution is 5.64. The Kier molecular flexibility index (Phi) is 6.65. The molecule has 4 rings (SSSR count). The summed E-state index contributed by atoms with van der Waals surface area (Å²) in [5.74, 6) is 1.33. The highest BCUT2D eigenvalue weighted by Crippen LogP contribution is 2.31. The van der Waals surface area contributed by atoms with Gasteiger partial charge in [0.05, 0.1) is 6.20 Å². The molecule has 7 heteroatoms. The SMILES string of the molecule is Cc1cc(Nc2ncc(F)c(N[C@@H]3[C@H](C)[C@H](C)C=C[C@@H]3C)n2)ccc1N1CCN(C)CC1. The second kappa shape index (κ2) is 9.45. The summed E-state index contributed by atoms with van der Waals surface area (Å²) in [6.07, 6.45) is 5.68. The van der Waals surface area contributed by atoms with Gasteiger partial charge in [-0.25, -0.2) is 9.37 Å². The molecule has 0 bridgehead atoms. The molecule has 1 aliphatic heterocycles. The Morgan fingerprint density at radius 2 is 1.75 bits per heavy atom.